The van der Waals surface area contributed by atoms with Gasteiger partial charge in [0.2, 0.25) is 0 Å². The van der Waals surface area contributed by atoms with Gasteiger partial charge in [-0.1, -0.05) is 6.42 Å². The van der Waals surface area contributed by atoms with E-state index in [1.54, 1.807) is 12.8 Å². The van der Waals surface area contributed by atoms with Gasteiger partial charge in [0.05, 0.1) is 0 Å². The minimum absolute atomic E-state index is 1.07. The van der Waals surface area contributed by atoms with Crippen molar-refractivity contribution in [3.63, 3.8) is 0 Å². The smallest absolute Gasteiger partial charge is 0.00368 e. The van der Waals surface area contributed by atoms with Crippen LogP contribution in [0.25, 0.3) is 0 Å². The highest BCUT2D eigenvalue weighted by Gasteiger charge is 2.38. The van der Waals surface area contributed by atoms with E-state index in [1.807, 2.05) is 7.05 Å². The molecule has 2 aliphatic carbocycles. The zero-order valence-electron chi connectivity index (χ0n) is 10.1. The molecule has 2 saturated carbocycles. The lowest BCUT2D eigenvalue weighted by molar-refractivity contribution is 0.310. The molecule has 0 radical (unpaired) electrons. The molecule has 2 heteroatoms. The van der Waals surface area contributed by atoms with E-state index in [9.17, 15) is 0 Å². The van der Waals surface area contributed by atoms with E-state index < -0.39 is 0 Å². The summed E-state index contributed by atoms with van der Waals surface area (Å²) in [5.74, 6) is 3.29. The van der Waals surface area contributed by atoms with Crippen molar-refractivity contribution in [3.8, 4) is 0 Å². The predicted octanol–water partition coefficient (Wildman–Crippen LogP) is 2.01. The highest BCUT2D eigenvalue weighted by atomic mass is 14.9. The van der Waals surface area contributed by atoms with Crippen molar-refractivity contribution in [2.24, 2.45) is 17.8 Å². The van der Waals surface area contributed by atoms with Crippen LogP contribution in [0.1, 0.15) is 38.5 Å². The van der Waals surface area contributed by atoms with E-state index in [1.165, 1.54) is 38.8 Å². The molecule has 88 valence electrons. The number of fused-ring (bicyclic) bond motifs is 2. The Morgan fingerprint density at radius 1 is 1.07 bits per heavy atom. The Balaban J connectivity index is 1.48. The largest absolute Gasteiger partial charge is 0.320 e. The molecule has 3 atom stereocenters. The standard InChI is InChI=1S/C13H26N2/c1-14-6-2-7-15-8-5-13-10-11-3-4-12(13)9-11/h11-15H,2-10H2,1H3. The fraction of sp³-hybridized carbons (Fsp3) is 1.00. The fourth-order valence-corrected chi connectivity index (χ4v) is 3.53. The first-order valence-corrected chi connectivity index (χ1v) is 6.75. The number of hydrogen-bond acceptors (Lipinski definition) is 2. The molecule has 0 amide bonds. The first-order valence-electron chi connectivity index (χ1n) is 6.75. The highest BCUT2D eigenvalue weighted by Crippen LogP contribution is 2.49. The normalized spacial score (nSPS) is 33.8. The van der Waals surface area contributed by atoms with Gasteiger partial charge in [-0.15, -0.1) is 0 Å². The van der Waals surface area contributed by atoms with Crippen molar-refractivity contribution in [3.05, 3.63) is 0 Å². The molecular formula is C13H26N2. The second kappa shape index (κ2) is 5.86. The molecule has 0 heterocycles. The second-order valence-corrected chi connectivity index (χ2v) is 5.43. The molecule has 0 spiro atoms. The van der Waals surface area contributed by atoms with Gasteiger partial charge in [0.1, 0.15) is 0 Å². The van der Waals surface area contributed by atoms with Crippen molar-refractivity contribution >= 4 is 0 Å². The third kappa shape index (κ3) is 3.18. The maximum Gasteiger partial charge on any atom is -0.00368 e. The Morgan fingerprint density at radius 3 is 2.67 bits per heavy atom. The van der Waals surface area contributed by atoms with Crippen LogP contribution in [0, 0.1) is 17.8 Å². The van der Waals surface area contributed by atoms with E-state index in [4.69, 9.17) is 0 Å². The molecule has 0 saturated heterocycles. The quantitative estimate of drug-likeness (QED) is 0.628. The van der Waals surface area contributed by atoms with Crippen LogP contribution in [0.5, 0.6) is 0 Å². The Morgan fingerprint density at radius 2 is 2.00 bits per heavy atom. The summed E-state index contributed by atoms with van der Waals surface area (Å²) in [5.41, 5.74) is 0. The highest BCUT2D eigenvalue weighted by molar-refractivity contribution is 4.89. The van der Waals surface area contributed by atoms with Crippen molar-refractivity contribution < 1.29 is 0 Å². The van der Waals surface area contributed by atoms with Gasteiger partial charge in [-0.3, -0.25) is 0 Å². The van der Waals surface area contributed by atoms with Gasteiger partial charge in [-0.2, -0.15) is 0 Å². The molecule has 2 aliphatic rings. The van der Waals surface area contributed by atoms with Gasteiger partial charge in [0, 0.05) is 0 Å². The van der Waals surface area contributed by atoms with Crippen molar-refractivity contribution in [1.29, 1.82) is 0 Å². The maximum absolute atomic E-state index is 3.57. The summed E-state index contributed by atoms with van der Waals surface area (Å²) in [6.07, 6.45) is 8.87. The Labute approximate surface area is 94.2 Å². The van der Waals surface area contributed by atoms with Crippen LogP contribution in [-0.2, 0) is 0 Å². The van der Waals surface area contributed by atoms with Crippen LogP contribution in [0.3, 0.4) is 0 Å². The first kappa shape index (κ1) is 11.4. The van der Waals surface area contributed by atoms with Crippen LogP contribution in [0.15, 0.2) is 0 Å². The summed E-state index contributed by atoms with van der Waals surface area (Å²) >= 11 is 0. The van der Waals surface area contributed by atoms with E-state index in [0.29, 0.717) is 0 Å². The second-order valence-electron chi connectivity index (χ2n) is 5.43. The van der Waals surface area contributed by atoms with E-state index in [0.717, 1.165) is 24.3 Å². The minimum atomic E-state index is 1.07. The summed E-state index contributed by atoms with van der Waals surface area (Å²) in [6.45, 7) is 3.57. The summed E-state index contributed by atoms with van der Waals surface area (Å²) in [6, 6.07) is 0. The van der Waals surface area contributed by atoms with E-state index >= 15 is 0 Å². The van der Waals surface area contributed by atoms with Crippen molar-refractivity contribution in [2.45, 2.75) is 38.5 Å². The average Bonchev–Trinajstić information content (AvgIpc) is 2.85. The average molecular weight is 210 g/mol. The van der Waals surface area contributed by atoms with Gasteiger partial charge in [-0.25, -0.2) is 0 Å². The predicted molar refractivity (Wildman–Crippen MR) is 65.0 cm³/mol. The summed E-state index contributed by atoms with van der Waals surface area (Å²) in [7, 11) is 2.02. The third-order valence-corrected chi connectivity index (χ3v) is 4.36. The molecule has 2 nitrogen and oxygen atoms in total. The number of hydrogen-bond donors (Lipinski definition) is 2. The molecule has 0 aromatic heterocycles. The zero-order valence-corrected chi connectivity index (χ0v) is 10.1. The molecule has 0 aromatic carbocycles. The van der Waals surface area contributed by atoms with Crippen LogP contribution >= 0.6 is 0 Å². The van der Waals surface area contributed by atoms with Crippen LogP contribution in [0.4, 0.5) is 0 Å². The number of nitrogens with one attached hydrogen (secondary N) is 2. The molecule has 0 aromatic rings. The van der Waals surface area contributed by atoms with Crippen LogP contribution in [-0.4, -0.2) is 26.7 Å². The topological polar surface area (TPSA) is 24.1 Å². The van der Waals surface area contributed by atoms with E-state index in [-0.39, 0.29) is 0 Å². The Bertz CT molecular complexity index is 181. The summed E-state index contributed by atoms with van der Waals surface area (Å²) in [4.78, 5) is 0. The molecule has 2 rings (SSSR count). The Kier molecular flexibility index (Phi) is 4.45. The van der Waals surface area contributed by atoms with Gasteiger partial charge in [0.25, 0.3) is 0 Å². The zero-order chi connectivity index (χ0) is 10.5. The molecule has 15 heavy (non-hydrogen) atoms. The minimum Gasteiger partial charge on any atom is -0.320 e. The molecule has 2 bridgehead atoms. The third-order valence-electron chi connectivity index (χ3n) is 4.36. The van der Waals surface area contributed by atoms with Crippen LogP contribution < -0.4 is 10.6 Å². The van der Waals surface area contributed by atoms with Gasteiger partial charge in [0.15, 0.2) is 0 Å². The monoisotopic (exact) mass is 210 g/mol. The fourth-order valence-electron chi connectivity index (χ4n) is 3.53. The molecule has 0 aliphatic heterocycles. The lowest BCUT2D eigenvalue weighted by atomic mass is 9.86. The first-order chi connectivity index (χ1) is 7.40. The summed E-state index contributed by atoms with van der Waals surface area (Å²) < 4.78 is 0. The maximum atomic E-state index is 3.57. The lowest BCUT2D eigenvalue weighted by Crippen LogP contribution is -2.23. The summed E-state index contributed by atoms with van der Waals surface area (Å²) in [5, 5.41) is 6.75. The Hall–Kier alpha value is -0.0800. The lowest BCUT2D eigenvalue weighted by Gasteiger charge is -2.21. The number of rotatable bonds is 7. The molecule has 2 fully saturated rings. The van der Waals surface area contributed by atoms with Crippen molar-refractivity contribution in [1.82, 2.24) is 10.6 Å². The molecular weight excluding hydrogens is 184 g/mol. The van der Waals surface area contributed by atoms with Crippen LogP contribution in [0.2, 0.25) is 0 Å². The SMILES string of the molecule is CNCCCNCCC1CC2CCC1C2. The van der Waals surface area contributed by atoms with Gasteiger partial charge in [-0.05, 0) is 76.5 Å². The molecule has 2 N–H and O–H groups in total. The van der Waals surface area contributed by atoms with Gasteiger partial charge >= 0.3 is 0 Å². The van der Waals surface area contributed by atoms with E-state index in [2.05, 4.69) is 10.6 Å². The van der Waals surface area contributed by atoms with Crippen molar-refractivity contribution in [2.75, 3.05) is 26.7 Å². The molecule has 3 unspecified atom stereocenters. The van der Waals surface area contributed by atoms with Gasteiger partial charge < -0.3 is 10.6 Å².